The second kappa shape index (κ2) is 10.4. The third-order valence-electron chi connectivity index (χ3n) is 4.34. The van der Waals surface area contributed by atoms with Gasteiger partial charge in [-0.25, -0.2) is 0 Å². The Kier molecular flexibility index (Phi) is 7.36. The van der Waals surface area contributed by atoms with Crippen LogP contribution in [0.2, 0.25) is 0 Å². The fourth-order valence-corrected chi connectivity index (χ4v) is 2.99. The number of rotatable bonds is 10. The van der Waals surface area contributed by atoms with E-state index in [0.717, 1.165) is 43.2 Å². The quantitative estimate of drug-likeness (QED) is 0.435. The lowest BCUT2D eigenvalue weighted by Crippen LogP contribution is -2.06. The molecule has 0 bridgehead atoms. The molecular formula is C25H29NO2. The normalized spacial score (nSPS) is 10.7. The van der Waals surface area contributed by atoms with Gasteiger partial charge in [0.25, 0.3) is 0 Å². The number of ether oxygens (including phenoxy) is 2. The van der Waals surface area contributed by atoms with Crippen molar-refractivity contribution in [1.82, 2.24) is 0 Å². The summed E-state index contributed by atoms with van der Waals surface area (Å²) in [6, 6.07) is 26.9. The summed E-state index contributed by atoms with van der Waals surface area (Å²) < 4.78 is 11.6. The molecule has 3 heteroatoms. The van der Waals surface area contributed by atoms with Gasteiger partial charge >= 0.3 is 0 Å². The molecule has 0 aromatic heterocycles. The van der Waals surface area contributed by atoms with Gasteiger partial charge in [0.05, 0.1) is 12.7 Å². The second-order valence-electron chi connectivity index (χ2n) is 7.13. The fraction of sp³-hybridized carbons (Fsp3) is 0.280. The molecule has 0 fully saturated rings. The minimum Gasteiger partial charge on any atom is -0.494 e. The Balaban J connectivity index is 1.42. The average Bonchev–Trinajstić information content (AvgIpc) is 2.71. The molecule has 3 aromatic carbocycles. The average molecular weight is 376 g/mol. The van der Waals surface area contributed by atoms with E-state index in [2.05, 4.69) is 53.8 Å². The first kappa shape index (κ1) is 19.8. The molecular weight excluding hydrogens is 346 g/mol. The maximum Gasteiger partial charge on any atom is 0.120 e. The van der Waals surface area contributed by atoms with E-state index in [1.165, 1.54) is 11.1 Å². The summed E-state index contributed by atoms with van der Waals surface area (Å²) in [6.07, 6.45) is 2.24. The van der Waals surface area contributed by atoms with Crippen LogP contribution in [0.25, 0.3) is 0 Å². The zero-order valence-electron chi connectivity index (χ0n) is 16.7. The van der Waals surface area contributed by atoms with Crippen LogP contribution in [0.4, 0.5) is 5.69 Å². The van der Waals surface area contributed by atoms with E-state index in [4.69, 9.17) is 9.47 Å². The van der Waals surface area contributed by atoms with Gasteiger partial charge in [-0.05, 0) is 74.2 Å². The van der Waals surface area contributed by atoms with Crippen molar-refractivity contribution in [3.63, 3.8) is 0 Å². The molecule has 0 aliphatic carbocycles. The lowest BCUT2D eigenvalue weighted by Gasteiger charge is -2.12. The van der Waals surface area contributed by atoms with E-state index in [9.17, 15) is 0 Å². The van der Waals surface area contributed by atoms with Crippen molar-refractivity contribution >= 4 is 5.69 Å². The van der Waals surface area contributed by atoms with Gasteiger partial charge in [-0.1, -0.05) is 42.5 Å². The number of nitrogens with one attached hydrogen (secondary N) is 1. The predicted octanol–water partition coefficient (Wildman–Crippen LogP) is 6.10. The van der Waals surface area contributed by atoms with E-state index >= 15 is 0 Å². The molecule has 0 aliphatic heterocycles. The SMILES string of the molecule is CC(C)Oc1cccc(CNc2ccc(OCCCc3ccccc3)cc2)c1. The van der Waals surface area contributed by atoms with Gasteiger partial charge in [-0.15, -0.1) is 0 Å². The summed E-state index contributed by atoms with van der Waals surface area (Å²) >= 11 is 0. The van der Waals surface area contributed by atoms with E-state index in [-0.39, 0.29) is 6.10 Å². The number of benzene rings is 3. The number of hydrogen-bond donors (Lipinski definition) is 1. The van der Waals surface area contributed by atoms with E-state index in [1.54, 1.807) is 0 Å². The predicted molar refractivity (Wildman–Crippen MR) is 116 cm³/mol. The first-order valence-electron chi connectivity index (χ1n) is 9.95. The van der Waals surface area contributed by atoms with Gasteiger partial charge in [-0.3, -0.25) is 0 Å². The molecule has 0 unspecified atom stereocenters. The molecule has 0 heterocycles. The zero-order chi connectivity index (χ0) is 19.6. The Morgan fingerprint density at radius 1 is 0.786 bits per heavy atom. The van der Waals surface area contributed by atoms with Crippen molar-refractivity contribution in [2.45, 2.75) is 39.3 Å². The first-order valence-corrected chi connectivity index (χ1v) is 9.95. The molecule has 1 N–H and O–H groups in total. The van der Waals surface area contributed by atoms with Gasteiger partial charge < -0.3 is 14.8 Å². The Hall–Kier alpha value is -2.94. The molecule has 3 aromatic rings. The van der Waals surface area contributed by atoms with E-state index in [1.807, 2.05) is 44.2 Å². The molecule has 146 valence electrons. The maximum absolute atomic E-state index is 5.85. The smallest absolute Gasteiger partial charge is 0.120 e. The third-order valence-corrected chi connectivity index (χ3v) is 4.34. The molecule has 0 atom stereocenters. The number of hydrogen-bond acceptors (Lipinski definition) is 3. The Labute approximate surface area is 168 Å². The topological polar surface area (TPSA) is 30.5 Å². The van der Waals surface area contributed by atoms with Gasteiger partial charge in [0.1, 0.15) is 11.5 Å². The van der Waals surface area contributed by atoms with Crippen LogP contribution in [-0.2, 0) is 13.0 Å². The van der Waals surface area contributed by atoms with Crippen LogP contribution in [0, 0.1) is 0 Å². The lowest BCUT2D eigenvalue weighted by molar-refractivity contribution is 0.242. The highest BCUT2D eigenvalue weighted by atomic mass is 16.5. The molecule has 0 aliphatic rings. The van der Waals surface area contributed by atoms with Crippen molar-refractivity contribution in [2.75, 3.05) is 11.9 Å². The van der Waals surface area contributed by atoms with Crippen LogP contribution in [0.15, 0.2) is 78.9 Å². The van der Waals surface area contributed by atoms with Crippen LogP contribution in [-0.4, -0.2) is 12.7 Å². The van der Waals surface area contributed by atoms with E-state index < -0.39 is 0 Å². The van der Waals surface area contributed by atoms with Gasteiger partial charge in [0.2, 0.25) is 0 Å². The summed E-state index contributed by atoms with van der Waals surface area (Å²) in [5, 5.41) is 3.45. The van der Waals surface area contributed by atoms with Crippen LogP contribution < -0.4 is 14.8 Å². The monoisotopic (exact) mass is 375 g/mol. The molecule has 0 saturated carbocycles. The maximum atomic E-state index is 5.85. The Morgan fingerprint density at radius 3 is 2.29 bits per heavy atom. The summed E-state index contributed by atoms with van der Waals surface area (Å²) in [5.41, 5.74) is 3.62. The zero-order valence-corrected chi connectivity index (χ0v) is 16.7. The summed E-state index contributed by atoms with van der Waals surface area (Å²) in [6.45, 7) is 5.56. The molecule has 0 radical (unpaired) electrons. The second-order valence-corrected chi connectivity index (χ2v) is 7.13. The van der Waals surface area contributed by atoms with Crippen LogP contribution >= 0.6 is 0 Å². The molecule has 3 nitrogen and oxygen atoms in total. The largest absolute Gasteiger partial charge is 0.494 e. The van der Waals surface area contributed by atoms with Gasteiger partial charge in [0, 0.05) is 12.2 Å². The Bertz CT molecular complexity index is 829. The van der Waals surface area contributed by atoms with Crippen LogP contribution in [0.1, 0.15) is 31.4 Å². The first-order chi connectivity index (χ1) is 13.7. The number of aryl methyl sites for hydroxylation is 1. The highest BCUT2D eigenvalue weighted by Gasteiger charge is 2.01. The van der Waals surface area contributed by atoms with Crippen molar-refractivity contribution in [2.24, 2.45) is 0 Å². The number of anilines is 1. The molecule has 0 spiro atoms. The highest BCUT2D eigenvalue weighted by Crippen LogP contribution is 2.19. The van der Waals surface area contributed by atoms with Gasteiger partial charge in [-0.2, -0.15) is 0 Å². The molecule has 3 rings (SSSR count). The van der Waals surface area contributed by atoms with Crippen molar-refractivity contribution < 1.29 is 9.47 Å². The minimum atomic E-state index is 0.184. The Morgan fingerprint density at radius 2 is 1.54 bits per heavy atom. The molecule has 0 saturated heterocycles. The standard InChI is InChI=1S/C25H29NO2/c1-20(2)28-25-12-6-10-22(18-25)19-26-23-13-15-24(16-14-23)27-17-7-11-21-8-4-3-5-9-21/h3-6,8-10,12-16,18,20,26H,7,11,17,19H2,1-2H3. The molecule has 0 amide bonds. The van der Waals surface area contributed by atoms with Crippen molar-refractivity contribution in [3.05, 3.63) is 90.0 Å². The molecule has 28 heavy (non-hydrogen) atoms. The van der Waals surface area contributed by atoms with Crippen molar-refractivity contribution in [1.29, 1.82) is 0 Å². The highest BCUT2D eigenvalue weighted by molar-refractivity contribution is 5.47. The van der Waals surface area contributed by atoms with Crippen LogP contribution in [0.3, 0.4) is 0 Å². The van der Waals surface area contributed by atoms with Crippen LogP contribution in [0.5, 0.6) is 11.5 Å². The minimum absolute atomic E-state index is 0.184. The summed E-state index contributed by atoms with van der Waals surface area (Å²) in [5.74, 6) is 1.82. The van der Waals surface area contributed by atoms with Gasteiger partial charge in [0.15, 0.2) is 0 Å². The van der Waals surface area contributed by atoms with E-state index in [0.29, 0.717) is 0 Å². The summed E-state index contributed by atoms with van der Waals surface area (Å²) in [4.78, 5) is 0. The third kappa shape index (κ3) is 6.66. The lowest BCUT2D eigenvalue weighted by atomic mass is 10.1. The summed E-state index contributed by atoms with van der Waals surface area (Å²) in [7, 11) is 0. The van der Waals surface area contributed by atoms with Crippen molar-refractivity contribution in [3.8, 4) is 11.5 Å². The fourth-order valence-electron chi connectivity index (χ4n) is 2.99.